The van der Waals surface area contributed by atoms with Crippen molar-refractivity contribution in [2.24, 2.45) is 0 Å². The van der Waals surface area contributed by atoms with E-state index in [1.165, 1.54) is 29.5 Å². The maximum atomic E-state index is 4.07. The highest BCUT2D eigenvalue weighted by atomic mass is 14.6. The minimum atomic E-state index is 0.587. The molecule has 0 bridgehead atoms. The van der Waals surface area contributed by atoms with Crippen LogP contribution >= 0.6 is 0 Å². The van der Waals surface area contributed by atoms with Crippen LogP contribution in [0.1, 0.15) is 29.0 Å². The van der Waals surface area contributed by atoms with Crippen molar-refractivity contribution < 1.29 is 0 Å². The largest absolute Gasteiger partial charge is 0.265 e. The molecule has 0 amide bonds. The van der Waals surface area contributed by atoms with Crippen LogP contribution in [0.3, 0.4) is 0 Å². The molecule has 1 aromatic carbocycles. The monoisotopic (exact) mass is 195 g/mol. The third-order valence-electron chi connectivity index (χ3n) is 3.24. The number of aromatic nitrogens is 1. The summed E-state index contributed by atoms with van der Waals surface area (Å²) < 4.78 is 0. The van der Waals surface area contributed by atoms with E-state index < -0.39 is 0 Å². The maximum absolute atomic E-state index is 4.07. The molecule has 2 aromatic rings. The van der Waals surface area contributed by atoms with E-state index in [0.717, 1.165) is 0 Å². The van der Waals surface area contributed by atoms with Crippen molar-refractivity contribution in [3.05, 3.63) is 65.5 Å². The number of rotatable bonds is 1. The number of hydrogen-bond donors (Lipinski definition) is 0. The van der Waals surface area contributed by atoms with Crippen LogP contribution < -0.4 is 0 Å². The van der Waals surface area contributed by atoms with Crippen LogP contribution in [-0.2, 0) is 6.42 Å². The average molecular weight is 195 g/mol. The molecular formula is C14H13N. The molecule has 0 aliphatic heterocycles. The van der Waals surface area contributed by atoms with Gasteiger partial charge in [0.05, 0.1) is 0 Å². The van der Waals surface area contributed by atoms with E-state index in [0.29, 0.717) is 5.92 Å². The average Bonchev–Trinajstić information content (AvgIpc) is 2.74. The summed E-state index contributed by atoms with van der Waals surface area (Å²) in [4.78, 5) is 4.07. The normalized spacial score (nSPS) is 18.8. The van der Waals surface area contributed by atoms with Crippen LogP contribution in [0, 0.1) is 0 Å². The molecule has 15 heavy (non-hydrogen) atoms. The standard InChI is InChI=1S/C14H13N/c1-2-4-13-11(3-1)5-6-14(13)12-7-9-15-10-8-12/h1-4,7-10,14H,5-6H2. The van der Waals surface area contributed by atoms with E-state index >= 15 is 0 Å². The first kappa shape index (κ1) is 8.66. The lowest BCUT2D eigenvalue weighted by atomic mass is 9.94. The molecule has 1 aliphatic rings. The third-order valence-corrected chi connectivity index (χ3v) is 3.24. The quantitative estimate of drug-likeness (QED) is 0.681. The van der Waals surface area contributed by atoms with Gasteiger partial charge in [-0.25, -0.2) is 0 Å². The molecule has 1 aliphatic carbocycles. The molecule has 1 heterocycles. The molecule has 0 radical (unpaired) electrons. The fourth-order valence-electron chi connectivity index (χ4n) is 2.50. The van der Waals surface area contributed by atoms with E-state index in [4.69, 9.17) is 0 Å². The first-order valence-electron chi connectivity index (χ1n) is 5.43. The number of fused-ring (bicyclic) bond motifs is 1. The van der Waals surface area contributed by atoms with Gasteiger partial charge in [-0.3, -0.25) is 4.98 Å². The lowest BCUT2D eigenvalue weighted by Gasteiger charge is -2.11. The van der Waals surface area contributed by atoms with Crippen LogP contribution in [0.25, 0.3) is 0 Å². The van der Waals surface area contributed by atoms with Crippen LogP contribution in [0.5, 0.6) is 0 Å². The van der Waals surface area contributed by atoms with Crippen LogP contribution in [0.4, 0.5) is 0 Å². The highest BCUT2D eigenvalue weighted by Gasteiger charge is 2.22. The Morgan fingerprint density at radius 2 is 1.80 bits per heavy atom. The summed E-state index contributed by atoms with van der Waals surface area (Å²) in [6.07, 6.45) is 6.22. The Kier molecular flexibility index (Phi) is 2.02. The molecule has 1 nitrogen and oxygen atoms in total. The van der Waals surface area contributed by atoms with Gasteiger partial charge in [0.15, 0.2) is 0 Å². The predicted molar refractivity (Wildman–Crippen MR) is 60.8 cm³/mol. The second kappa shape index (κ2) is 3.50. The summed E-state index contributed by atoms with van der Waals surface area (Å²) in [6.45, 7) is 0. The van der Waals surface area contributed by atoms with Crippen molar-refractivity contribution in [1.82, 2.24) is 4.98 Å². The fourth-order valence-corrected chi connectivity index (χ4v) is 2.50. The molecule has 0 fully saturated rings. The number of aryl methyl sites for hydroxylation is 1. The molecule has 1 heteroatoms. The minimum absolute atomic E-state index is 0.587. The molecule has 1 aromatic heterocycles. The molecule has 0 spiro atoms. The zero-order valence-electron chi connectivity index (χ0n) is 8.56. The highest BCUT2D eigenvalue weighted by molar-refractivity contribution is 5.41. The van der Waals surface area contributed by atoms with Crippen molar-refractivity contribution in [3.63, 3.8) is 0 Å². The maximum Gasteiger partial charge on any atom is 0.0270 e. The van der Waals surface area contributed by atoms with Gasteiger partial charge < -0.3 is 0 Å². The Hall–Kier alpha value is -1.63. The van der Waals surface area contributed by atoms with E-state index in [1.54, 1.807) is 0 Å². The summed E-state index contributed by atoms with van der Waals surface area (Å²) in [5, 5.41) is 0. The van der Waals surface area contributed by atoms with Crippen molar-refractivity contribution in [3.8, 4) is 0 Å². The lowest BCUT2D eigenvalue weighted by Crippen LogP contribution is -1.95. The Bertz CT molecular complexity index is 462. The molecule has 0 saturated carbocycles. The van der Waals surface area contributed by atoms with E-state index in [9.17, 15) is 0 Å². The lowest BCUT2D eigenvalue weighted by molar-refractivity contribution is 0.786. The molecule has 1 unspecified atom stereocenters. The van der Waals surface area contributed by atoms with Gasteiger partial charge >= 0.3 is 0 Å². The second-order valence-corrected chi connectivity index (χ2v) is 4.07. The van der Waals surface area contributed by atoms with Crippen molar-refractivity contribution in [2.45, 2.75) is 18.8 Å². The van der Waals surface area contributed by atoms with Gasteiger partial charge in [0, 0.05) is 18.3 Å². The molecule has 3 rings (SSSR count). The zero-order chi connectivity index (χ0) is 10.1. The fraction of sp³-hybridized carbons (Fsp3) is 0.214. The Balaban J connectivity index is 2.05. The molecule has 0 saturated heterocycles. The van der Waals surface area contributed by atoms with Crippen LogP contribution in [-0.4, -0.2) is 4.98 Å². The Morgan fingerprint density at radius 1 is 1.00 bits per heavy atom. The summed E-state index contributed by atoms with van der Waals surface area (Å²) in [5.41, 5.74) is 4.41. The van der Waals surface area contributed by atoms with Gasteiger partial charge in [-0.05, 0) is 41.7 Å². The number of hydrogen-bond acceptors (Lipinski definition) is 1. The van der Waals surface area contributed by atoms with Crippen LogP contribution in [0.15, 0.2) is 48.8 Å². The number of pyridine rings is 1. The first-order valence-corrected chi connectivity index (χ1v) is 5.43. The summed E-state index contributed by atoms with van der Waals surface area (Å²) in [7, 11) is 0. The van der Waals surface area contributed by atoms with Crippen molar-refractivity contribution in [1.29, 1.82) is 0 Å². The Labute approximate surface area is 89.8 Å². The first-order chi connectivity index (χ1) is 7.45. The summed E-state index contributed by atoms with van der Waals surface area (Å²) in [5.74, 6) is 0.587. The summed E-state index contributed by atoms with van der Waals surface area (Å²) in [6, 6.07) is 13.0. The smallest absolute Gasteiger partial charge is 0.0270 e. The van der Waals surface area contributed by atoms with Crippen LogP contribution in [0.2, 0.25) is 0 Å². The zero-order valence-corrected chi connectivity index (χ0v) is 8.56. The predicted octanol–water partition coefficient (Wildman–Crippen LogP) is 3.16. The molecular weight excluding hydrogens is 182 g/mol. The van der Waals surface area contributed by atoms with E-state index in [2.05, 4.69) is 41.4 Å². The molecule has 1 atom stereocenters. The van der Waals surface area contributed by atoms with Crippen molar-refractivity contribution in [2.75, 3.05) is 0 Å². The Morgan fingerprint density at radius 3 is 2.67 bits per heavy atom. The molecule has 0 N–H and O–H groups in total. The van der Waals surface area contributed by atoms with Gasteiger partial charge in [0.2, 0.25) is 0 Å². The van der Waals surface area contributed by atoms with Gasteiger partial charge in [0.1, 0.15) is 0 Å². The molecule has 74 valence electrons. The topological polar surface area (TPSA) is 12.9 Å². The van der Waals surface area contributed by atoms with Crippen molar-refractivity contribution >= 4 is 0 Å². The summed E-state index contributed by atoms with van der Waals surface area (Å²) >= 11 is 0. The number of benzene rings is 1. The van der Waals surface area contributed by atoms with Gasteiger partial charge in [0.25, 0.3) is 0 Å². The van der Waals surface area contributed by atoms with E-state index in [1.807, 2.05) is 12.4 Å². The SMILES string of the molecule is c1ccc2c(c1)CCC2c1ccncc1. The van der Waals surface area contributed by atoms with E-state index in [-0.39, 0.29) is 0 Å². The van der Waals surface area contributed by atoms with Gasteiger partial charge in [-0.15, -0.1) is 0 Å². The number of nitrogens with zero attached hydrogens (tertiary/aromatic N) is 1. The van der Waals surface area contributed by atoms with Gasteiger partial charge in [-0.1, -0.05) is 24.3 Å². The minimum Gasteiger partial charge on any atom is -0.265 e. The highest BCUT2D eigenvalue weighted by Crippen LogP contribution is 2.37. The third kappa shape index (κ3) is 1.44. The van der Waals surface area contributed by atoms with Gasteiger partial charge in [-0.2, -0.15) is 0 Å². The second-order valence-electron chi connectivity index (χ2n) is 4.07.